The van der Waals surface area contributed by atoms with Gasteiger partial charge in [0.05, 0.1) is 17.5 Å². The van der Waals surface area contributed by atoms with Gasteiger partial charge in [0, 0.05) is 12.1 Å². The Balaban J connectivity index is 1.63. The summed E-state index contributed by atoms with van der Waals surface area (Å²) >= 11 is 0. The van der Waals surface area contributed by atoms with Crippen molar-refractivity contribution in [1.29, 1.82) is 0 Å². The van der Waals surface area contributed by atoms with Crippen LogP contribution in [0.4, 0.5) is 5.69 Å². The molecule has 7 heteroatoms. The zero-order valence-electron chi connectivity index (χ0n) is 16.2. The Labute approximate surface area is 166 Å². The van der Waals surface area contributed by atoms with Gasteiger partial charge in [0.15, 0.2) is 0 Å². The van der Waals surface area contributed by atoms with Gasteiger partial charge in [-0.15, -0.1) is 0 Å². The summed E-state index contributed by atoms with van der Waals surface area (Å²) in [7, 11) is -3.30. The van der Waals surface area contributed by atoms with Crippen molar-refractivity contribution in [2.45, 2.75) is 32.7 Å². The lowest BCUT2D eigenvalue weighted by molar-refractivity contribution is 0.0926. The number of para-hydroxylation sites is 1. The molecule has 0 spiro atoms. The number of aryl methyl sites for hydroxylation is 1. The average Bonchev–Trinajstić information content (AvgIpc) is 2.67. The van der Waals surface area contributed by atoms with Crippen LogP contribution in [0.15, 0.2) is 48.5 Å². The number of nitrogens with zero attached hydrogens (tertiary/aromatic N) is 1. The van der Waals surface area contributed by atoms with Gasteiger partial charge in [-0.2, -0.15) is 0 Å². The molecule has 1 saturated heterocycles. The molecule has 150 valence electrons. The Morgan fingerprint density at radius 2 is 1.96 bits per heavy atom. The maximum Gasteiger partial charge on any atom is 0.251 e. The van der Waals surface area contributed by atoms with Crippen LogP contribution in [-0.2, 0) is 10.0 Å². The lowest BCUT2D eigenvalue weighted by Gasteiger charge is -2.28. The Hall–Kier alpha value is -2.54. The topological polar surface area (TPSA) is 75.7 Å². The van der Waals surface area contributed by atoms with E-state index in [1.807, 2.05) is 38.1 Å². The minimum Gasteiger partial charge on any atom is -0.491 e. The highest BCUT2D eigenvalue weighted by atomic mass is 32.2. The molecule has 0 unspecified atom stereocenters. The molecule has 0 bridgehead atoms. The van der Waals surface area contributed by atoms with Crippen LogP contribution in [0, 0.1) is 6.92 Å². The van der Waals surface area contributed by atoms with Crippen LogP contribution in [0.1, 0.15) is 35.7 Å². The molecule has 28 heavy (non-hydrogen) atoms. The number of sulfonamides is 1. The van der Waals surface area contributed by atoms with Crippen molar-refractivity contribution in [2.75, 3.05) is 23.2 Å². The maximum atomic E-state index is 12.6. The van der Waals surface area contributed by atoms with Crippen molar-refractivity contribution in [3.05, 3.63) is 59.7 Å². The number of benzene rings is 2. The van der Waals surface area contributed by atoms with Crippen LogP contribution in [0.5, 0.6) is 5.75 Å². The van der Waals surface area contributed by atoms with E-state index in [0.717, 1.165) is 17.7 Å². The zero-order valence-corrected chi connectivity index (χ0v) is 17.0. The van der Waals surface area contributed by atoms with E-state index in [2.05, 4.69) is 5.32 Å². The zero-order chi connectivity index (χ0) is 20.1. The van der Waals surface area contributed by atoms with Gasteiger partial charge in [0.2, 0.25) is 10.0 Å². The lowest BCUT2D eigenvalue weighted by Crippen LogP contribution is -2.38. The summed E-state index contributed by atoms with van der Waals surface area (Å²) in [5.41, 5.74) is 2.01. The van der Waals surface area contributed by atoms with E-state index in [1.165, 1.54) is 4.31 Å². The van der Waals surface area contributed by atoms with Gasteiger partial charge < -0.3 is 10.1 Å². The second-order valence-corrected chi connectivity index (χ2v) is 9.11. The fourth-order valence-electron chi connectivity index (χ4n) is 3.16. The van der Waals surface area contributed by atoms with Crippen molar-refractivity contribution in [3.63, 3.8) is 0 Å². The third kappa shape index (κ3) is 4.84. The second kappa shape index (κ2) is 8.65. The van der Waals surface area contributed by atoms with E-state index >= 15 is 0 Å². The van der Waals surface area contributed by atoms with Crippen LogP contribution in [0.2, 0.25) is 0 Å². The van der Waals surface area contributed by atoms with Crippen LogP contribution >= 0.6 is 0 Å². The first-order valence-corrected chi connectivity index (χ1v) is 11.1. The summed E-state index contributed by atoms with van der Waals surface area (Å²) < 4.78 is 31.8. The first-order valence-electron chi connectivity index (χ1n) is 9.46. The lowest BCUT2D eigenvalue weighted by atomic mass is 10.1. The number of ether oxygens (including phenoxy) is 1. The first-order chi connectivity index (χ1) is 13.4. The number of rotatable bonds is 6. The van der Waals surface area contributed by atoms with E-state index in [-0.39, 0.29) is 17.7 Å². The molecule has 1 amide bonds. The summed E-state index contributed by atoms with van der Waals surface area (Å²) in [6.07, 6.45) is 1.50. The molecule has 0 radical (unpaired) electrons. The highest BCUT2D eigenvalue weighted by Crippen LogP contribution is 2.24. The molecule has 0 saturated carbocycles. The summed E-state index contributed by atoms with van der Waals surface area (Å²) in [6.45, 7) is 4.64. The van der Waals surface area contributed by atoms with Crippen molar-refractivity contribution < 1.29 is 17.9 Å². The normalized spacial score (nSPS) is 17.0. The van der Waals surface area contributed by atoms with Gasteiger partial charge in [-0.05, 0) is 56.5 Å². The minimum absolute atomic E-state index is 0.150. The largest absolute Gasteiger partial charge is 0.491 e. The molecular formula is C21H26N2O4S. The number of carbonyl (C=O) groups is 1. The van der Waals surface area contributed by atoms with Crippen molar-refractivity contribution >= 4 is 21.6 Å². The van der Waals surface area contributed by atoms with Crippen LogP contribution in [0.3, 0.4) is 0 Å². The molecule has 1 atom stereocenters. The van der Waals surface area contributed by atoms with Crippen molar-refractivity contribution in [1.82, 2.24) is 5.32 Å². The number of carbonyl (C=O) groups excluding carboxylic acids is 1. The molecule has 1 fully saturated rings. The van der Waals surface area contributed by atoms with Crippen molar-refractivity contribution in [2.24, 2.45) is 0 Å². The van der Waals surface area contributed by atoms with E-state index < -0.39 is 10.0 Å². The van der Waals surface area contributed by atoms with Gasteiger partial charge in [-0.25, -0.2) is 8.42 Å². The Morgan fingerprint density at radius 3 is 2.71 bits per heavy atom. The number of hydrogen-bond acceptors (Lipinski definition) is 4. The summed E-state index contributed by atoms with van der Waals surface area (Å²) in [4.78, 5) is 12.6. The van der Waals surface area contributed by atoms with Gasteiger partial charge in [0.25, 0.3) is 5.91 Å². The van der Waals surface area contributed by atoms with Gasteiger partial charge >= 0.3 is 0 Å². The monoisotopic (exact) mass is 402 g/mol. The molecule has 2 aromatic rings. The first kappa shape index (κ1) is 20.2. The molecular weight excluding hydrogens is 376 g/mol. The number of hydrogen-bond donors (Lipinski definition) is 1. The smallest absolute Gasteiger partial charge is 0.251 e. The SMILES string of the molecule is Cc1ccccc1OC[C@@H](C)NC(=O)c1cccc(N2CCCCS2(=O)=O)c1. The third-order valence-corrected chi connectivity index (χ3v) is 6.58. The van der Waals surface area contributed by atoms with E-state index in [0.29, 0.717) is 30.8 Å². The predicted octanol–water partition coefficient (Wildman–Crippen LogP) is 3.12. The van der Waals surface area contributed by atoms with Crippen molar-refractivity contribution in [3.8, 4) is 5.75 Å². The Morgan fingerprint density at radius 1 is 1.18 bits per heavy atom. The maximum absolute atomic E-state index is 12.6. The summed E-state index contributed by atoms with van der Waals surface area (Å²) in [5.74, 6) is 0.689. The molecule has 1 aliphatic heterocycles. The van der Waals surface area contributed by atoms with E-state index in [4.69, 9.17) is 4.74 Å². The van der Waals surface area contributed by atoms with E-state index in [9.17, 15) is 13.2 Å². The molecule has 0 aliphatic carbocycles. The van der Waals surface area contributed by atoms with Crippen LogP contribution in [0.25, 0.3) is 0 Å². The molecule has 2 aromatic carbocycles. The molecule has 1 heterocycles. The predicted molar refractivity (Wildman–Crippen MR) is 110 cm³/mol. The quantitative estimate of drug-likeness (QED) is 0.806. The Kier molecular flexibility index (Phi) is 6.24. The fourth-order valence-corrected chi connectivity index (χ4v) is 4.79. The summed E-state index contributed by atoms with van der Waals surface area (Å²) in [5, 5.41) is 2.90. The van der Waals surface area contributed by atoms with E-state index in [1.54, 1.807) is 24.3 Å². The second-order valence-electron chi connectivity index (χ2n) is 7.10. The highest BCUT2D eigenvalue weighted by molar-refractivity contribution is 7.92. The van der Waals surface area contributed by atoms with Crippen LogP contribution in [-0.4, -0.2) is 39.3 Å². The average molecular weight is 403 g/mol. The number of nitrogens with one attached hydrogen (secondary N) is 1. The third-order valence-electron chi connectivity index (χ3n) is 4.71. The highest BCUT2D eigenvalue weighted by Gasteiger charge is 2.26. The minimum atomic E-state index is -3.30. The number of amides is 1. The molecule has 6 nitrogen and oxygen atoms in total. The molecule has 1 N–H and O–H groups in total. The fraction of sp³-hybridized carbons (Fsp3) is 0.381. The number of anilines is 1. The van der Waals surface area contributed by atoms with Gasteiger partial charge in [-0.1, -0.05) is 24.3 Å². The molecule has 3 rings (SSSR count). The summed E-state index contributed by atoms with van der Waals surface area (Å²) in [6, 6.07) is 14.3. The molecule has 1 aliphatic rings. The Bertz CT molecular complexity index is 943. The standard InChI is InChI=1S/C21H26N2O4S/c1-16-8-3-4-11-20(16)27-15-17(2)22-21(24)18-9-7-10-19(14-18)23-12-5-6-13-28(23,25)26/h3-4,7-11,14,17H,5-6,12-13,15H2,1-2H3,(H,22,24)/t17-/m1/s1. The van der Waals surface area contributed by atoms with Crippen LogP contribution < -0.4 is 14.4 Å². The molecule has 0 aromatic heterocycles. The van der Waals surface area contributed by atoms with Gasteiger partial charge in [0.1, 0.15) is 12.4 Å². The van der Waals surface area contributed by atoms with Gasteiger partial charge in [-0.3, -0.25) is 9.10 Å².